The number of carbonyl (C=O) groups is 1. The van der Waals surface area contributed by atoms with E-state index in [0.29, 0.717) is 23.0 Å². The first-order valence-electron chi connectivity index (χ1n) is 12.9. The maximum Gasteiger partial charge on any atom is 0.336 e. The van der Waals surface area contributed by atoms with Gasteiger partial charge in [-0.25, -0.2) is 9.78 Å². The maximum atomic E-state index is 12.7. The number of para-hydroxylation sites is 1. The second kappa shape index (κ2) is 13.3. The number of nitrogens with zero attached hydrogens (tertiary/aromatic N) is 4. The number of pyridine rings is 1. The smallest absolute Gasteiger partial charge is 0.336 e. The number of benzene rings is 2. The molecule has 1 heterocycles. The summed E-state index contributed by atoms with van der Waals surface area (Å²) in [4.78, 5) is 24.9. The number of hydrogen-bond donors (Lipinski definition) is 1. The van der Waals surface area contributed by atoms with E-state index in [9.17, 15) is 9.90 Å². The molecular weight excluding hydrogens is 436 g/mol. The first-order valence-corrected chi connectivity index (χ1v) is 12.9. The van der Waals surface area contributed by atoms with Crippen molar-refractivity contribution in [1.29, 1.82) is 0 Å². The van der Waals surface area contributed by atoms with Crippen LogP contribution in [0.15, 0.2) is 54.6 Å². The molecule has 6 nitrogen and oxygen atoms in total. The van der Waals surface area contributed by atoms with Crippen molar-refractivity contribution in [2.24, 2.45) is 0 Å². The van der Waals surface area contributed by atoms with E-state index in [4.69, 9.17) is 4.98 Å². The van der Waals surface area contributed by atoms with Crippen molar-refractivity contribution in [1.82, 2.24) is 19.7 Å². The monoisotopic (exact) mass is 476 g/mol. The summed E-state index contributed by atoms with van der Waals surface area (Å²) >= 11 is 0. The standard InChI is InChI=1S/C29H40N4O2/c1-5-31(6-2)18-20-33(21-19-32(7-3)8-4)22-25-27(29(34)35)24-16-12-13-17-26(24)30-28(25)23-14-10-9-11-15-23/h9-17H,5-8,18-22H2,1-4H3,(H,34,35). The van der Waals surface area contributed by atoms with Gasteiger partial charge in [-0.1, -0.05) is 76.2 Å². The third-order valence-corrected chi connectivity index (χ3v) is 6.89. The van der Waals surface area contributed by atoms with Crippen LogP contribution in [0.25, 0.3) is 22.2 Å². The number of carboxylic acids is 1. The first kappa shape index (κ1) is 26.8. The number of aromatic nitrogens is 1. The van der Waals surface area contributed by atoms with Gasteiger partial charge in [0, 0.05) is 49.2 Å². The van der Waals surface area contributed by atoms with Crippen LogP contribution in [0.5, 0.6) is 0 Å². The zero-order chi connectivity index (χ0) is 25.2. The van der Waals surface area contributed by atoms with Gasteiger partial charge in [0.1, 0.15) is 0 Å². The van der Waals surface area contributed by atoms with Gasteiger partial charge in [-0.2, -0.15) is 0 Å². The van der Waals surface area contributed by atoms with E-state index in [1.54, 1.807) is 0 Å². The van der Waals surface area contributed by atoms with Gasteiger partial charge >= 0.3 is 5.97 Å². The summed E-state index contributed by atoms with van der Waals surface area (Å²) in [6, 6.07) is 17.5. The molecule has 0 unspecified atom stereocenters. The fraction of sp³-hybridized carbons (Fsp3) is 0.448. The number of rotatable bonds is 14. The van der Waals surface area contributed by atoms with Gasteiger partial charge in [0.25, 0.3) is 0 Å². The Labute approximate surface area is 210 Å². The highest BCUT2D eigenvalue weighted by atomic mass is 16.4. The molecule has 0 fully saturated rings. The molecule has 6 heteroatoms. The normalized spacial score (nSPS) is 11.7. The molecule has 0 aliphatic carbocycles. The lowest BCUT2D eigenvalue weighted by Crippen LogP contribution is -2.39. The van der Waals surface area contributed by atoms with Crippen molar-refractivity contribution in [3.05, 3.63) is 65.7 Å². The Kier molecular flexibility index (Phi) is 10.2. The second-order valence-corrected chi connectivity index (χ2v) is 8.83. The van der Waals surface area contributed by atoms with Crippen LogP contribution in [-0.4, -0.2) is 83.1 Å². The zero-order valence-corrected chi connectivity index (χ0v) is 21.7. The Morgan fingerprint density at radius 3 is 1.80 bits per heavy atom. The minimum absolute atomic E-state index is 0.366. The van der Waals surface area contributed by atoms with E-state index >= 15 is 0 Å². The minimum atomic E-state index is -0.900. The van der Waals surface area contributed by atoms with E-state index in [0.717, 1.165) is 69.2 Å². The van der Waals surface area contributed by atoms with Gasteiger partial charge in [0.2, 0.25) is 0 Å². The molecule has 0 aliphatic heterocycles. The second-order valence-electron chi connectivity index (χ2n) is 8.83. The van der Waals surface area contributed by atoms with Crippen molar-refractivity contribution in [3.8, 4) is 11.3 Å². The average molecular weight is 477 g/mol. The van der Waals surface area contributed by atoms with E-state index in [-0.39, 0.29) is 0 Å². The highest BCUT2D eigenvalue weighted by Crippen LogP contribution is 2.31. The van der Waals surface area contributed by atoms with Crippen LogP contribution in [0.1, 0.15) is 43.6 Å². The highest BCUT2D eigenvalue weighted by molar-refractivity contribution is 6.05. The summed E-state index contributed by atoms with van der Waals surface area (Å²) in [5, 5.41) is 11.1. The van der Waals surface area contributed by atoms with Crippen LogP contribution in [0.3, 0.4) is 0 Å². The molecule has 0 saturated heterocycles. The molecule has 3 rings (SSSR count). The minimum Gasteiger partial charge on any atom is -0.478 e. The third kappa shape index (κ3) is 6.88. The van der Waals surface area contributed by atoms with E-state index in [1.807, 2.05) is 54.6 Å². The Morgan fingerprint density at radius 2 is 1.26 bits per heavy atom. The van der Waals surface area contributed by atoms with Crippen LogP contribution in [0.4, 0.5) is 0 Å². The van der Waals surface area contributed by atoms with Gasteiger partial charge in [-0.05, 0) is 32.2 Å². The first-order chi connectivity index (χ1) is 17.0. The Bertz CT molecular complexity index is 1060. The average Bonchev–Trinajstić information content (AvgIpc) is 2.89. The molecule has 0 saturated carbocycles. The topological polar surface area (TPSA) is 59.9 Å². The maximum absolute atomic E-state index is 12.7. The predicted molar refractivity (Wildman–Crippen MR) is 145 cm³/mol. The van der Waals surface area contributed by atoms with Crippen molar-refractivity contribution < 1.29 is 9.90 Å². The quantitative estimate of drug-likeness (QED) is 0.350. The van der Waals surface area contributed by atoms with Crippen molar-refractivity contribution >= 4 is 16.9 Å². The molecule has 188 valence electrons. The van der Waals surface area contributed by atoms with Crippen LogP contribution in [0, 0.1) is 0 Å². The van der Waals surface area contributed by atoms with Crippen LogP contribution < -0.4 is 0 Å². The van der Waals surface area contributed by atoms with Gasteiger partial charge in [0.05, 0.1) is 16.8 Å². The molecule has 0 amide bonds. The highest BCUT2D eigenvalue weighted by Gasteiger charge is 2.23. The fourth-order valence-electron chi connectivity index (χ4n) is 4.62. The van der Waals surface area contributed by atoms with Crippen LogP contribution in [0.2, 0.25) is 0 Å². The molecular formula is C29H40N4O2. The summed E-state index contributed by atoms with van der Waals surface area (Å²) in [6.45, 7) is 17.0. The Balaban J connectivity index is 2.08. The Hall–Kier alpha value is -2.80. The van der Waals surface area contributed by atoms with E-state index in [2.05, 4.69) is 42.4 Å². The SMILES string of the molecule is CCN(CC)CCN(CCN(CC)CC)Cc1c(-c2ccccc2)nc2ccccc2c1C(=O)O. The molecule has 35 heavy (non-hydrogen) atoms. The fourth-order valence-corrected chi connectivity index (χ4v) is 4.62. The van der Waals surface area contributed by atoms with Crippen molar-refractivity contribution in [3.63, 3.8) is 0 Å². The number of likely N-dealkylation sites (N-methyl/N-ethyl adjacent to an activating group) is 2. The molecule has 0 aliphatic rings. The third-order valence-electron chi connectivity index (χ3n) is 6.89. The summed E-state index contributed by atoms with van der Waals surface area (Å²) in [5.74, 6) is -0.900. The van der Waals surface area contributed by atoms with Gasteiger partial charge in [-0.3, -0.25) is 4.90 Å². The lowest BCUT2D eigenvalue weighted by molar-refractivity contribution is 0.0696. The van der Waals surface area contributed by atoms with Crippen molar-refractivity contribution in [2.75, 3.05) is 52.4 Å². The van der Waals surface area contributed by atoms with E-state index in [1.165, 1.54) is 0 Å². The predicted octanol–water partition coefficient (Wildman–Crippen LogP) is 5.09. The number of hydrogen-bond acceptors (Lipinski definition) is 5. The number of carboxylic acid groups (broad SMARTS) is 1. The Morgan fingerprint density at radius 1 is 0.743 bits per heavy atom. The summed E-state index contributed by atoms with van der Waals surface area (Å²) in [6.07, 6.45) is 0. The molecule has 1 N–H and O–H groups in total. The number of fused-ring (bicyclic) bond motifs is 1. The lowest BCUT2D eigenvalue weighted by atomic mass is 9.96. The summed E-state index contributed by atoms with van der Waals surface area (Å²) in [7, 11) is 0. The molecule has 0 radical (unpaired) electrons. The summed E-state index contributed by atoms with van der Waals surface area (Å²) < 4.78 is 0. The van der Waals surface area contributed by atoms with Gasteiger partial charge in [0.15, 0.2) is 0 Å². The lowest BCUT2D eigenvalue weighted by Gasteiger charge is -2.30. The van der Waals surface area contributed by atoms with Crippen LogP contribution in [-0.2, 0) is 6.54 Å². The van der Waals surface area contributed by atoms with Gasteiger partial charge in [-0.15, -0.1) is 0 Å². The summed E-state index contributed by atoms with van der Waals surface area (Å²) in [5.41, 5.74) is 3.58. The zero-order valence-electron chi connectivity index (χ0n) is 21.7. The van der Waals surface area contributed by atoms with Crippen LogP contribution >= 0.6 is 0 Å². The molecule has 0 atom stereocenters. The van der Waals surface area contributed by atoms with E-state index < -0.39 is 5.97 Å². The van der Waals surface area contributed by atoms with Crippen molar-refractivity contribution in [2.45, 2.75) is 34.2 Å². The van der Waals surface area contributed by atoms with Gasteiger partial charge < -0.3 is 14.9 Å². The number of aromatic carboxylic acids is 1. The molecule has 2 aromatic carbocycles. The molecule has 0 bridgehead atoms. The molecule has 0 spiro atoms. The molecule has 3 aromatic rings. The molecule has 1 aromatic heterocycles. The largest absolute Gasteiger partial charge is 0.478 e.